The van der Waals surface area contributed by atoms with Crippen LogP contribution in [0.3, 0.4) is 0 Å². The first-order valence-corrected chi connectivity index (χ1v) is 4.69. The number of carbonyl (C=O) groups excluding carboxylic acids is 1. The lowest BCUT2D eigenvalue weighted by molar-refractivity contribution is 0.0548. The zero-order chi connectivity index (χ0) is 12.1. The van der Waals surface area contributed by atoms with E-state index in [1.54, 1.807) is 34.7 Å². The van der Waals surface area contributed by atoms with E-state index in [0.29, 0.717) is 11.4 Å². The van der Waals surface area contributed by atoms with Gasteiger partial charge in [0.25, 0.3) is 0 Å². The molecule has 0 aliphatic carbocycles. The van der Waals surface area contributed by atoms with Crippen LogP contribution < -0.4 is 10.6 Å². The molecule has 5 nitrogen and oxygen atoms in total. The minimum atomic E-state index is -0.560. The van der Waals surface area contributed by atoms with Crippen molar-refractivity contribution < 1.29 is 9.53 Å². The van der Waals surface area contributed by atoms with E-state index >= 15 is 0 Å². The fourth-order valence-electron chi connectivity index (χ4n) is 0.786. The minimum absolute atomic E-state index is 0.395. The summed E-state index contributed by atoms with van der Waals surface area (Å²) in [5.41, 5.74) is 0.563. The molecule has 0 bridgehead atoms. The lowest BCUT2D eigenvalue weighted by atomic mass is 10.2. The molecule has 0 unspecified atom stereocenters. The maximum atomic E-state index is 11.3. The Hall–Kier alpha value is -1.52. The molecule has 0 aliphatic rings. The molecule has 0 atom stereocenters. The molecule has 0 rings (SSSR count). The molecule has 3 N–H and O–H groups in total. The number of allylic oxidation sites excluding steroid dienone is 2. The van der Waals surface area contributed by atoms with Crippen molar-refractivity contribution >= 4 is 12.3 Å². The van der Waals surface area contributed by atoms with Gasteiger partial charge in [0.15, 0.2) is 0 Å². The maximum Gasteiger partial charge on any atom is 0.412 e. The van der Waals surface area contributed by atoms with Crippen LogP contribution in [-0.2, 0) is 4.74 Å². The third-order valence-electron chi connectivity index (χ3n) is 1.56. The van der Waals surface area contributed by atoms with E-state index in [0.717, 1.165) is 6.21 Å². The van der Waals surface area contributed by atoms with E-state index in [9.17, 15) is 4.79 Å². The zero-order valence-electron chi connectivity index (χ0n) is 9.89. The molecule has 0 fully saturated rings. The molecule has 0 aliphatic heterocycles. The Balaban J connectivity index is 4.46. The Labute approximate surface area is 90.4 Å². The van der Waals surface area contributed by atoms with E-state index in [1.165, 1.54) is 0 Å². The van der Waals surface area contributed by atoms with Crippen LogP contribution in [0.2, 0.25) is 0 Å². The van der Waals surface area contributed by atoms with Gasteiger partial charge in [-0.15, -0.1) is 0 Å². The third kappa shape index (κ3) is 5.72. The number of hydrogen-bond donors (Lipinski definition) is 3. The van der Waals surface area contributed by atoms with Gasteiger partial charge >= 0.3 is 6.09 Å². The molecular formula is C10H19N3O2. The van der Waals surface area contributed by atoms with Crippen LogP contribution in [0.25, 0.3) is 0 Å². The van der Waals surface area contributed by atoms with Gasteiger partial charge in [-0.3, -0.25) is 5.32 Å². The Morgan fingerprint density at radius 3 is 2.27 bits per heavy atom. The second kappa shape index (κ2) is 5.38. The number of nitrogens with one attached hydrogen (secondary N) is 3. The summed E-state index contributed by atoms with van der Waals surface area (Å²) in [4.78, 5) is 11.3. The lowest BCUT2D eigenvalue weighted by Crippen LogP contribution is -2.33. The predicted molar refractivity (Wildman–Crippen MR) is 59.9 cm³/mol. The number of ether oxygens (including phenoxy) is 1. The van der Waals surface area contributed by atoms with Gasteiger partial charge in [0.05, 0.1) is 5.70 Å². The summed E-state index contributed by atoms with van der Waals surface area (Å²) in [5, 5.41) is 12.5. The van der Waals surface area contributed by atoms with Crippen molar-refractivity contribution in [3.63, 3.8) is 0 Å². The Morgan fingerprint density at radius 1 is 1.40 bits per heavy atom. The topological polar surface area (TPSA) is 74.2 Å². The van der Waals surface area contributed by atoms with Crippen molar-refractivity contribution in [2.24, 2.45) is 0 Å². The second-order valence-electron chi connectivity index (χ2n) is 4.06. The number of carbonyl (C=O) groups is 1. The van der Waals surface area contributed by atoms with Crippen molar-refractivity contribution in [3.05, 3.63) is 11.4 Å². The first-order valence-electron chi connectivity index (χ1n) is 4.69. The molecule has 0 spiro atoms. The van der Waals surface area contributed by atoms with Crippen LogP contribution in [0.1, 0.15) is 27.7 Å². The molecule has 0 saturated carbocycles. The smallest absolute Gasteiger partial charge is 0.412 e. The summed E-state index contributed by atoms with van der Waals surface area (Å²) in [6.07, 6.45) is 0.506. The molecule has 15 heavy (non-hydrogen) atoms. The highest BCUT2D eigenvalue weighted by Crippen LogP contribution is 2.07. The van der Waals surface area contributed by atoms with Gasteiger partial charge in [0.1, 0.15) is 5.60 Å². The molecule has 5 heteroatoms. The highest BCUT2D eigenvalue weighted by molar-refractivity contribution is 5.84. The zero-order valence-corrected chi connectivity index (χ0v) is 9.89. The Bertz CT molecular complexity index is 277. The summed E-state index contributed by atoms with van der Waals surface area (Å²) in [5.74, 6) is 0. The average molecular weight is 213 g/mol. The fraction of sp³-hybridized carbons (Fsp3) is 0.600. The predicted octanol–water partition coefficient (Wildman–Crippen LogP) is 1.61. The van der Waals surface area contributed by atoms with E-state index in [4.69, 9.17) is 10.1 Å². The quantitative estimate of drug-likeness (QED) is 0.623. The summed E-state index contributed by atoms with van der Waals surface area (Å²) in [7, 11) is 1.72. The van der Waals surface area contributed by atoms with Gasteiger partial charge in [-0.1, -0.05) is 0 Å². The standard InChI is InChI=1S/C10H19N3O2/c1-7(12-5)8(6-11)13-9(14)15-10(2,3)4/h6,11-12H,1-5H3,(H,13,14)/b8-7+,11-6?. The number of alkyl carbamates (subject to hydrolysis) is 1. The molecule has 0 saturated heterocycles. The maximum absolute atomic E-state index is 11.3. The van der Waals surface area contributed by atoms with Crippen molar-refractivity contribution in [2.75, 3.05) is 7.05 Å². The molecule has 0 aromatic rings. The molecule has 0 heterocycles. The minimum Gasteiger partial charge on any atom is -0.444 e. The van der Waals surface area contributed by atoms with Crippen LogP contribution in [0, 0.1) is 5.41 Å². The van der Waals surface area contributed by atoms with Crippen molar-refractivity contribution in [1.29, 1.82) is 5.41 Å². The first-order chi connectivity index (χ1) is 6.80. The van der Waals surface area contributed by atoms with Crippen LogP contribution in [-0.4, -0.2) is 25.0 Å². The number of amides is 1. The van der Waals surface area contributed by atoms with Crippen LogP contribution in [0.15, 0.2) is 11.4 Å². The first kappa shape index (κ1) is 13.5. The lowest BCUT2D eigenvalue weighted by Gasteiger charge is -2.20. The summed E-state index contributed by atoms with van der Waals surface area (Å²) in [6, 6.07) is 0. The van der Waals surface area contributed by atoms with Gasteiger partial charge in [0.2, 0.25) is 0 Å². The van der Waals surface area contributed by atoms with Gasteiger partial charge in [-0.05, 0) is 27.7 Å². The van der Waals surface area contributed by atoms with E-state index in [1.807, 2.05) is 0 Å². The van der Waals surface area contributed by atoms with Gasteiger partial charge in [-0.25, -0.2) is 4.79 Å². The van der Waals surface area contributed by atoms with E-state index in [-0.39, 0.29) is 0 Å². The molecular weight excluding hydrogens is 194 g/mol. The van der Waals surface area contributed by atoms with E-state index in [2.05, 4.69) is 10.6 Å². The number of hydrogen-bond acceptors (Lipinski definition) is 4. The summed E-state index contributed by atoms with van der Waals surface area (Å²) < 4.78 is 5.05. The van der Waals surface area contributed by atoms with Gasteiger partial charge in [0, 0.05) is 19.0 Å². The average Bonchev–Trinajstić information content (AvgIpc) is 2.10. The molecule has 0 aromatic carbocycles. The van der Waals surface area contributed by atoms with Crippen LogP contribution in [0.5, 0.6) is 0 Å². The highest BCUT2D eigenvalue weighted by atomic mass is 16.6. The van der Waals surface area contributed by atoms with Crippen molar-refractivity contribution in [1.82, 2.24) is 10.6 Å². The summed E-state index contributed by atoms with van der Waals surface area (Å²) >= 11 is 0. The Kier molecular flexibility index (Phi) is 4.84. The fourth-order valence-corrected chi connectivity index (χ4v) is 0.786. The van der Waals surface area contributed by atoms with Crippen LogP contribution in [0.4, 0.5) is 4.79 Å². The molecule has 1 amide bonds. The highest BCUT2D eigenvalue weighted by Gasteiger charge is 2.16. The van der Waals surface area contributed by atoms with Gasteiger partial charge < -0.3 is 15.5 Å². The third-order valence-corrected chi connectivity index (χ3v) is 1.56. The monoisotopic (exact) mass is 213 g/mol. The van der Waals surface area contributed by atoms with E-state index < -0.39 is 11.7 Å². The summed E-state index contributed by atoms with van der Waals surface area (Å²) in [6.45, 7) is 7.11. The molecule has 0 radical (unpaired) electrons. The Morgan fingerprint density at radius 2 is 1.93 bits per heavy atom. The van der Waals surface area contributed by atoms with Crippen molar-refractivity contribution in [2.45, 2.75) is 33.3 Å². The number of rotatable bonds is 3. The largest absolute Gasteiger partial charge is 0.444 e. The molecule has 86 valence electrons. The second-order valence-corrected chi connectivity index (χ2v) is 4.06. The van der Waals surface area contributed by atoms with Crippen LogP contribution >= 0.6 is 0 Å². The van der Waals surface area contributed by atoms with Crippen molar-refractivity contribution in [3.8, 4) is 0 Å². The SMILES string of the molecule is CN/C(C)=C(\C=N)NC(=O)OC(C)(C)C. The normalized spacial score (nSPS) is 12.6. The van der Waals surface area contributed by atoms with Gasteiger partial charge in [-0.2, -0.15) is 0 Å². The molecule has 0 aromatic heterocycles.